The highest BCUT2D eigenvalue weighted by atomic mass is 32.2. The first kappa shape index (κ1) is 22.2. The Balaban J connectivity index is 1.69. The summed E-state index contributed by atoms with van der Waals surface area (Å²) in [5.41, 5.74) is 1.62. The molecular formula is C20H22FN5O5S. The highest BCUT2D eigenvalue weighted by molar-refractivity contribution is 7.90. The molecule has 0 radical (unpaired) electrons. The lowest BCUT2D eigenvalue weighted by Gasteiger charge is -2.22. The second-order valence-corrected chi connectivity index (χ2v) is 9.20. The Labute approximate surface area is 184 Å². The molecule has 12 heteroatoms. The van der Waals surface area contributed by atoms with Crippen molar-refractivity contribution in [1.82, 2.24) is 25.0 Å². The Bertz CT molecular complexity index is 1190. The number of sulfone groups is 1. The van der Waals surface area contributed by atoms with Crippen LogP contribution in [0.4, 0.5) is 4.39 Å². The molecule has 0 bridgehead atoms. The van der Waals surface area contributed by atoms with Crippen LogP contribution in [0.3, 0.4) is 0 Å². The third kappa shape index (κ3) is 4.76. The van der Waals surface area contributed by atoms with Gasteiger partial charge in [0.1, 0.15) is 17.7 Å². The zero-order valence-electron chi connectivity index (χ0n) is 17.6. The van der Waals surface area contributed by atoms with Gasteiger partial charge in [-0.05, 0) is 37.0 Å². The molecule has 32 heavy (non-hydrogen) atoms. The first-order chi connectivity index (χ1) is 15.4. The SMILES string of the molecule is COCOc1cc(-c2cn(C3CCCCO3)nc2F)ccc1-c1cnc(S(C)(=O)=O)nn1. The normalized spacial score (nSPS) is 16.8. The van der Waals surface area contributed by atoms with Crippen molar-refractivity contribution in [3.63, 3.8) is 0 Å². The van der Waals surface area contributed by atoms with E-state index in [1.807, 2.05) is 0 Å². The van der Waals surface area contributed by atoms with Crippen molar-refractivity contribution in [3.8, 4) is 28.1 Å². The summed E-state index contributed by atoms with van der Waals surface area (Å²) < 4.78 is 55.7. The van der Waals surface area contributed by atoms with Crippen molar-refractivity contribution in [2.45, 2.75) is 30.6 Å². The number of rotatable bonds is 7. The Morgan fingerprint density at radius 1 is 1.25 bits per heavy atom. The van der Waals surface area contributed by atoms with Gasteiger partial charge in [0.05, 0.1) is 11.8 Å². The van der Waals surface area contributed by atoms with Gasteiger partial charge in [0.15, 0.2) is 6.79 Å². The lowest BCUT2D eigenvalue weighted by atomic mass is 10.0. The van der Waals surface area contributed by atoms with Gasteiger partial charge in [-0.3, -0.25) is 0 Å². The lowest BCUT2D eigenvalue weighted by Crippen LogP contribution is -2.18. The molecule has 1 fully saturated rings. The molecule has 0 aliphatic carbocycles. The molecule has 1 aliphatic rings. The quantitative estimate of drug-likeness (QED) is 0.487. The summed E-state index contributed by atoms with van der Waals surface area (Å²) in [6, 6.07) is 4.99. The van der Waals surface area contributed by atoms with E-state index in [4.69, 9.17) is 14.2 Å². The van der Waals surface area contributed by atoms with Crippen molar-refractivity contribution >= 4 is 9.84 Å². The topological polar surface area (TPSA) is 118 Å². The summed E-state index contributed by atoms with van der Waals surface area (Å²) >= 11 is 0. The Morgan fingerprint density at radius 2 is 2.09 bits per heavy atom. The van der Waals surface area contributed by atoms with Crippen molar-refractivity contribution in [2.24, 2.45) is 0 Å². The molecule has 2 aromatic heterocycles. The zero-order chi connectivity index (χ0) is 22.7. The zero-order valence-corrected chi connectivity index (χ0v) is 18.4. The van der Waals surface area contributed by atoms with Crippen molar-refractivity contribution in [1.29, 1.82) is 0 Å². The molecule has 1 aliphatic heterocycles. The van der Waals surface area contributed by atoms with Gasteiger partial charge >= 0.3 is 0 Å². The average molecular weight is 463 g/mol. The van der Waals surface area contributed by atoms with Crippen molar-refractivity contribution in [2.75, 3.05) is 26.8 Å². The first-order valence-corrected chi connectivity index (χ1v) is 11.8. The minimum Gasteiger partial charge on any atom is -0.467 e. The summed E-state index contributed by atoms with van der Waals surface area (Å²) in [4.78, 5) is 3.86. The fourth-order valence-corrected chi connectivity index (χ4v) is 3.78. The molecule has 3 aromatic rings. The molecule has 0 amide bonds. The van der Waals surface area contributed by atoms with Crippen LogP contribution in [0.2, 0.25) is 0 Å². The van der Waals surface area contributed by atoms with Gasteiger partial charge in [0.25, 0.3) is 5.16 Å². The maximum Gasteiger partial charge on any atom is 0.267 e. The highest BCUT2D eigenvalue weighted by Crippen LogP contribution is 2.35. The molecule has 4 rings (SSSR count). The lowest BCUT2D eigenvalue weighted by molar-refractivity contribution is -0.0402. The van der Waals surface area contributed by atoms with E-state index in [0.29, 0.717) is 34.7 Å². The number of nitrogens with zero attached hydrogens (tertiary/aromatic N) is 5. The van der Waals surface area contributed by atoms with E-state index >= 15 is 0 Å². The van der Waals surface area contributed by atoms with Crippen LogP contribution in [0.5, 0.6) is 5.75 Å². The summed E-state index contributed by atoms with van der Waals surface area (Å²) in [7, 11) is -2.11. The van der Waals surface area contributed by atoms with Gasteiger partial charge in [-0.25, -0.2) is 18.1 Å². The van der Waals surface area contributed by atoms with Crippen LogP contribution in [-0.2, 0) is 19.3 Å². The van der Waals surface area contributed by atoms with E-state index in [0.717, 1.165) is 25.5 Å². The highest BCUT2D eigenvalue weighted by Gasteiger charge is 2.21. The standard InChI is InChI=1S/C20H22FN5O5S/c1-29-12-31-17-9-13(15-11-26(25-19(15)21)18-5-3-4-8-30-18)6-7-14(17)16-10-22-20(24-23-16)32(2,27)28/h6-7,9-11,18H,3-5,8,12H2,1-2H3. The number of halogens is 1. The Kier molecular flexibility index (Phi) is 6.44. The first-order valence-electron chi connectivity index (χ1n) is 9.89. The van der Waals surface area contributed by atoms with Crippen LogP contribution in [0.25, 0.3) is 22.4 Å². The van der Waals surface area contributed by atoms with E-state index in [9.17, 15) is 12.8 Å². The third-order valence-corrected chi connectivity index (χ3v) is 5.76. The molecule has 10 nitrogen and oxygen atoms in total. The Hall–Kier alpha value is -2.96. The van der Waals surface area contributed by atoms with E-state index in [2.05, 4.69) is 20.3 Å². The van der Waals surface area contributed by atoms with Gasteiger partial charge in [-0.1, -0.05) is 6.07 Å². The maximum absolute atomic E-state index is 14.7. The summed E-state index contributed by atoms with van der Waals surface area (Å²) in [5, 5.41) is 11.2. The summed E-state index contributed by atoms with van der Waals surface area (Å²) in [5.74, 6) is -0.280. The molecule has 0 saturated carbocycles. The minimum atomic E-state index is -3.58. The van der Waals surface area contributed by atoms with Crippen LogP contribution < -0.4 is 4.74 Å². The Morgan fingerprint density at radius 3 is 2.75 bits per heavy atom. The van der Waals surface area contributed by atoms with Crippen molar-refractivity contribution in [3.05, 3.63) is 36.5 Å². The van der Waals surface area contributed by atoms with E-state index in [-0.39, 0.29) is 18.2 Å². The van der Waals surface area contributed by atoms with E-state index in [1.165, 1.54) is 18.0 Å². The van der Waals surface area contributed by atoms with Gasteiger partial charge in [-0.2, -0.15) is 4.39 Å². The average Bonchev–Trinajstić information content (AvgIpc) is 3.19. The molecule has 1 aromatic carbocycles. The summed E-state index contributed by atoms with van der Waals surface area (Å²) in [6.45, 7) is 0.564. The smallest absolute Gasteiger partial charge is 0.267 e. The third-order valence-electron chi connectivity index (χ3n) is 4.91. The molecule has 1 unspecified atom stereocenters. The molecule has 170 valence electrons. The van der Waals surface area contributed by atoms with Gasteiger partial charge < -0.3 is 14.2 Å². The number of methoxy groups -OCH3 is 1. The molecular weight excluding hydrogens is 441 g/mol. The van der Waals surface area contributed by atoms with Crippen LogP contribution in [0.15, 0.2) is 35.7 Å². The second kappa shape index (κ2) is 9.27. The summed E-state index contributed by atoms with van der Waals surface area (Å²) in [6.07, 6.45) is 6.37. The number of ether oxygens (including phenoxy) is 3. The van der Waals surface area contributed by atoms with Crippen LogP contribution in [0, 0.1) is 5.95 Å². The maximum atomic E-state index is 14.7. The number of benzene rings is 1. The molecule has 1 atom stereocenters. The predicted molar refractivity (Wildman–Crippen MR) is 111 cm³/mol. The predicted octanol–water partition coefficient (Wildman–Crippen LogP) is 2.63. The van der Waals surface area contributed by atoms with Gasteiger partial charge in [0.2, 0.25) is 15.8 Å². The van der Waals surface area contributed by atoms with Gasteiger partial charge in [0, 0.05) is 31.7 Å². The second-order valence-electron chi connectivity index (χ2n) is 7.29. The number of aromatic nitrogens is 5. The molecule has 0 N–H and O–H groups in total. The number of hydrogen-bond donors (Lipinski definition) is 0. The van der Waals surface area contributed by atoms with E-state index < -0.39 is 15.8 Å². The fraction of sp³-hybridized carbons (Fsp3) is 0.400. The molecule has 3 heterocycles. The van der Waals surface area contributed by atoms with Crippen LogP contribution >= 0.6 is 0 Å². The molecule has 1 saturated heterocycles. The monoisotopic (exact) mass is 463 g/mol. The largest absolute Gasteiger partial charge is 0.467 e. The number of hydrogen-bond acceptors (Lipinski definition) is 9. The van der Waals surface area contributed by atoms with Gasteiger partial charge in [-0.15, -0.1) is 15.3 Å². The van der Waals surface area contributed by atoms with Crippen LogP contribution in [0.1, 0.15) is 25.5 Å². The molecule has 0 spiro atoms. The van der Waals surface area contributed by atoms with Crippen molar-refractivity contribution < 1.29 is 27.0 Å². The van der Waals surface area contributed by atoms with Crippen LogP contribution in [-0.4, -0.2) is 60.1 Å². The van der Waals surface area contributed by atoms with E-state index in [1.54, 1.807) is 24.4 Å². The minimum absolute atomic E-state index is 0.0591. The fourth-order valence-electron chi connectivity index (χ4n) is 3.34.